The van der Waals surface area contributed by atoms with Crippen molar-refractivity contribution in [1.82, 2.24) is 19.6 Å². The molecular weight excluding hydrogens is 492 g/mol. The van der Waals surface area contributed by atoms with Gasteiger partial charge in [-0.25, -0.2) is 4.79 Å². The lowest BCUT2D eigenvalue weighted by atomic mass is 9.81. The van der Waals surface area contributed by atoms with E-state index in [1.165, 1.54) is 9.80 Å². The predicted octanol–water partition coefficient (Wildman–Crippen LogP) is -1.89. The largest absolute Gasteiger partial charge is 0.343 e. The Morgan fingerprint density at radius 3 is 1.75 bits per heavy atom. The summed E-state index contributed by atoms with van der Waals surface area (Å²) >= 11 is 0. The van der Waals surface area contributed by atoms with Gasteiger partial charge in [0.1, 0.15) is 6.54 Å². The van der Waals surface area contributed by atoms with Crippen molar-refractivity contribution in [2.75, 3.05) is 47.3 Å². The number of rotatable bonds is 8. The molecule has 3 rings (SSSR count). The number of likely N-dealkylation sites (N-methyl/N-ethyl adjacent to an activating group) is 3. The number of nitrogens with zero attached hydrogens (tertiary/aromatic N) is 4. The predicted molar refractivity (Wildman–Crippen MR) is 122 cm³/mol. The van der Waals surface area contributed by atoms with Gasteiger partial charge in [0, 0.05) is 26.7 Å². The summed E-state index contributed by atoms with van der Waals surface area (Å²) < 4.78 is 32.7. The first kappa shape index (κ1) is 29.2. The average molecular weight is 523 g/mol. The van der Waals surface area contributed by atoms with Gasteiger partial charge in [-0.2, -0.15) is 14.0 Å². The Labute approximate surface area is 212 Å². The van der Waals surface area contributed by atoms with E-state index >= 15 is 0 Å². The Balaban J connectivity index is 0.000000830. The highest BCUT2D eigenvalue weighted by atomic mass is 35.7. The summed E-state index contributed by atoms with van der Waals surface area (Å²) in [4.78, 5) is 46.5. The lowest BCUT2D eigenvalue weighted by Crippen LogP contribution is -2.58. The summed E-state index contributed by atoms with van der Waals surface area (Å²) in [5.74, 6) is -0.543. The molecule has 1 fully saturated rings. The van der Waals surface area contributed by atoms with Gasteiger partial charge in [0.2, 0.25) is 5.91 Å². The molecule has 4 amide bonds. The van der Waals surface area contributed by atoms with Crippen LogP contribution in [0.2, 0.25) is 0 Å². The van der Waals surface area contributed by atoms with Crippen LogP contribution in [0.4, 0.5) is 4.79 Å². The van der Waals surface area contributed by atoms with Crippen LogP contribution in [0.25, 0.3) is 0 Å². The second-order valence-electron chi connectivity index (χ2n) is 8.38. The van der Waals surface area contributed by atoms with Crippen molar-refractivity contribution in [1.29, 1.82) is 0 Å². The third-order valence-corrected chi connectivity index (χ3v) is 5.72. The minimum Gasteiger partial charge on any atom is -0.343 e. The van der Waals surface area contributed by atoms with Gasteiger partial charge in [0.05, 0.1) is 14.9 Å². The molecule has 1 aliphatic heterocycles. The molecule has 1 aliphatic rings. The molecule has 0 bridgehead atoms. The zero-order valence-corrected chi connectivity index (χ0v) is 21.4. The number of benzene rings is 2. The fourth-order valence-electron chi connectivity index (χ4n) is 3.97. The highest BCUT2D eigenvalue weighted by molar-refractivity contribution is 6.10. The van der Waals surface area contributed by atoms with Crippen molar-refractivity contribution in [3.8, 4) is 0 Å². The molecular formula is C24H31ClN4O7. The van der Waals surface area contributed by atoms with Crippen LogP contribution in [-0.4, -0.2) is 89.4 Å². The molecule has 2 aromatic rings. The van der Waals surface area contributed by atoms with Gasteiger partial charge in [-0.05, 0) is 32.1 Å². The average Bonchev–Trinajstić information content (AvgIpc) is 3.03. The Hall–Kier alpha value is -3.06. The lowest BCUT2D eigenvalue weighted by molar-refractivity contribution is -1.92. The fraction of sp³-hybridized carbons (Fsp3) is 0.375. The van der Waals surface area contributed by atoms with Gasteiger partial charge >= 0.3 is 6.03 Å². The molecule has 2 aromatic carbocycles. The fourth-order valence-corrected chi connectivity index (χ4v) is 3.97. The Kier molecular flexibility index (Phi) is 9.93. The van der Waals surface area contributed by atoms with Gasteiger partial charge < -0.3 is 9.80 Å². The summed E-state index contributed by atoms with van der Waals surface area (Å²) in [6, 6.07) is 18.0. The van der Waals surface area contributed by atoms with Gasteiger partial charge in [-0.15, -0.1) is 0 Å². The zero-order chi connectivity index (χ0) is 27.1. The first-order valence-electron chi connectivity index (χ1n) is 11.1. The summed E-state index contributed by atoms with van der Waals surface area (Å²) in [7, 11) is 0.907. The van der Waals surface area contributed by atoms with Crippen molar-refractivity contribution in [2.24, 2.45) is 0 Å². The van der Waals surface area contributed by atoms with Crippen LogP contribution >= 0.6 is 0 Å². The van der Waals surface area contributed by atoms with E-state index in [0.29, 0.717) is 24.2 Å². The van der Waals surface area contributed by atoms with E-state index in [1.54, 1.807) is 18.9 Å². The third-order valence-electron chi connectivity index (χ3n) is 5.72. The number of hydrogen-bond acceptors (Lipinski definition) is 8. The van der Waals surface area contributed by atoms with Gasteiger partial charge in [-0.3, -0.25) is 19.4 Å². The first-order chi connectivity index (χ1) is 16.8. The molecule has 36 heavy (non-hydrogen) atoms. The number of carbonyl (C=O) groups is 3. The number of amides is 4. The SMILES string of the molecule is CCN1C(=O)N(CC(=O)N(C)CCN(C)C)C(c2ccccc2)(c2ccccc2)C1=O.[O-][Cl+3]([O-])([O-])O. The molecule has 0 radical (unpaired) electrons. The topological polar surface area (TPSA) is 154 Å². The number of imide groups is 1. The van der Waals surface area contributed by atoms with E-state index in [-0.39, 0.29) is 24.9 Å². The maximum absolute atomic E-state index is 13.8. The van der Waals surface area contributed by atoms with E-state index < -0.39 is 21.8 Å². The third kappa shape index (κ3) is 6.78. The second-order valence-corrected chi connectivity index (χ2v) is 9.17. The molecule has 0 atom stereocenters. The molecule has 12 heteroatoms. The minimum atomic E-state index is -4.69. The first-order valence-corrected chi connectivity index (χ1v) is 12.4. The summed E-state index contributed by atoms with van der Waals surface area (Å²) in [5.41, 5.74) is -0.0494. The molecule has 0 saturated carbocycles. The van der Waals surface area contributed by atoms with E-state index in [2.05, 4.69) is 0 Å². The number of hydrogen-bond donors (Lipinski definition) is 1. The lowest BCUT2D eigenvalue weighted by Gasteiger charge is -2.36. The monoisotopic (exact) mass is 522 g/mol. The normalized spacial score (nSPS) is 15.1. The summed E-state index contributed by atoms with van der Waals surface area (Å²) in [6.45, 7) is 3.06. The molecule has 0 aromatic heterocycles. The van der Waals surface area contributed by atoms with Gasteiger partial charge in [-0.1, -0.05) is 60.7 Å². The molecule has 196 valence electrons. The smallest absolute Gasteiger partial charge is 0.328 e. The van der Waals surface area contributed by atoms with Crippen LogP contribution < -0.4 is 14.0 Å². The van der Waals surface area contributed by atoms with Gasteiger partial charge in [0.15, 0.2) is 5.54 Å². The minimum absolute atomic E-state index is 0.186. The van der Waals surface area contributed by atoms with Crippen molar-refractivity contribution in [2.45, 2.75) is 12.5 Å². The summed E-state index contributed by atoms with van der Waals surface area (Å²) in [5, 5.41) is 0. The van der Waals surface area contributed by atoms with E-state index in [1.807, 2.05) is 79.7 Å². The highest BCUT2D eigenvalue weighted by Gasteiger charge is 2.59. The maximum Gasteiger partial charge on any atom is 0.328 e. The molecule has 1 heterocycles. The van der Waals surface area contributed by atoms with Crippen molar-refractivity contribution in [3.05, 3.63) is 71.8 Å². The van der Waals surface area contributed by atoms with Crippen LogP contribution in [0.1, 0.15) is 18.1 Å². The van der Waals surface area contributed by atoms with Crippen molar-refractivity contribution >= 4 is 17.8 Å². The van der Waals surface area contributed by atoms with Crippen LogP contribution in [0.3, 0.4) is 0 Å². The van der Waals surface area contributed by atoms with Crippen LogP contribution in [0.5, 0.6) is 0 Å². The van der Waals surface area contributed by atoms with E-state index in [9.17, 15) is 14.4 Å². The number of halogens is 1. The van der Waals surface area contributed by atoms with Crippen molar-refractivity contribution < 1.29 is 43.3 Å². The molecule has 11 nitrogen and oxygen atoms in total. The Morgan fingerprint density at radius 1 is 0.917 bits per heavy atom. The van der Waals surface area contributed by atoms with Crippen LogP contribution in [0, 0.1) is 10.2 Å². The van der Waals surface area contributed by atoms with Crippen LogP contribution in [-0.2, 0) is 15.1 Å². The van der Waals surface area contributed by atoms with E-state index in [4.69, 9.17) is 18.6 Å². The van der Waals surface area contributed by atoms with E-state index in [0.717, 1.165) is 0 Å². The quantitative estimate of drug-likeness (QED) is 0.395. The Morgan fingerprint density at radius 2 is 1.36 bits per heavy atom. The molecule has 1 N–H and O–H groups in total. The molecule has 1 saturated heterocycles. The van der Waals surface area contributed by atoms with Gasteiger partial charge in [0.25, 0.3) is 5.91 Å². The molecule has 0 spiro atoms. The Bertz CT molecular complexity index is 986. The molecule has 0 aliphatic carbocycles. The summed E-state index contributed by atoms with van der Waals surface area (Å²) in [6.07, 6.45) is 0. The maximum atomic E-state index is 13.8. The highest BCUT2D eigenvalue weighted by Crippen LogP contribution is 2.43. The number of carbonyl (C=O) groups excluding carboxylic acids is 3. The standard InChI is InChI=1S/C24H30N4O3.ClHO4/c1-5-27-22(30)24(19-12-8-6-9-13-19,20-14-10-7-11-15-20)28(23(27)31)18-21(29)26(4)17-16-25(2)3;2-1(3,4)5/h6-15H,5,16-18H2,1-4H3;(H,2,3,4,5). The molecule has 0 unspecified atom stereocenters. The van der Waals surface area contributed by atoms with Crippen molar-refractivity contribution in [3.63, 3.8) is 0 Å². The second kappa shape index (κ2) is 12.3. The number of urea groups is 1. The van der Waals surface area contributed by atoms with Crippen LogP contribution in [0.15, 0.2) is 60.7 Å². The zero-order valence-electron chi connectivity index (χ0n) is 20.7.